The first-order chi connectivity index (χ1) is 9.96. The zero-order valence-corrected chi connectivity index (χ0v) is 12.3. The molecule has 0 saturated carbocycles. The lowest BCUT2D eigenvalue weighted by Gasteiger charge is -2.21. The van der Waals surface area contributed by atoms with Crippen molar-refractivity contribution in [3.8, 4) is 5.75 Å². The summed E-state index contributed by atoms with van der Waals surface area (Å²) in [6.45, 7) is 0. The molecule has 0 fully saturated rings. The van der Waals surface area contributed by atoms with Crippen LogP contribution in [0.15, 0.2) is 24.3 Å². The third-order valence-corrected chi connectivity index (χ3v) is 2.91. The number of nitrogens with zero attached hydrogens (tertiary/aromatic N) is 1. The van der Waals surface area contributed by atoms with Crippen LogP contribution < -0.4 is 9.64 Å². The Bertz CT molecular complexity index is 509. The Hall–Kier alpha value is -2.57. The fourth-order valence-corrected chi connectivity index (χ4v) is 1.66. The Morgan fingerprint density at radius 3 is 1.81 bits per heavy atom. The van der Waals surface area contributed by atoms with E-state index in [0.717, 1.165) is 14.2 Å². The molecule has 0 bridgehead atoms. The lowest BCUT2D eigenvalue weighted by Crippen LogP contribution is -2.42. The highest BCUT2D eigenvalue weighted by molar-refractivity contribution is 6.18. The van der Waals surface area contributed by atoms with Crippen LogP contribution in [0.3, 0.4) is 0 Å². The fraction of sp³-hybridized carbons (Fsp3) is 0.357. The van der Waals surface area contributed by atoms with E-state index in [1.54, 1.807) is 24.3 Å². The number of anilines is 1. The van der Waals surface area contributed by atoms with Crippen molar-refractivity contribution in [3.05, 3.63) is 24.3 Å². The van der Waals surface area contributed by atoms with Gasteiger partial charge in [-0.05, 0) is 24.3 Å². The zero-order valence-electron chi connectivity index (χ0n) is 12.3. The fourth-order valence-electron chi connectivity index (χ4n) is 1.66. The van der Waals surface area contributed by atoms with Crippen LogP contribution in [0, 0.1) is 5.92 Å². The molecule has 21 heavy (non-hydrogen) atoms. The van der Waals surface area contributed by atoms with Gasteiger partial charge in [0.05, 0.1) is 21.3 Å². The average molecular weight is 295 g/mol. The summed E-state index contributed by atoms with van der Waals surface area (Å²) in [6, 6.07) is 6.57. The molecule has 1 amide bonds. The largest absolute Gasteiger partial charge is 0.497 e. The Kier molecular flexibility index (Phi) is 5.71. The van der Waals surface area contributed by atoms with Crippen molar-refractivity contribution in [1.29, 1.82) is 0 Å². The summed E-state index contributed by atoms with van der Waals surface area (Å²) >= 11 is 0. The standard InChI is InChI=1S/C14H17NO6/c1-15(9-5-7-10(19-2)8-6-9)12(16)11(13(17)20-3)14(18)21-4/h5-8,11H,1-4H3. The third-order valence-electron chi connectivity index (χ3n) is 2.91. The number of carbonyl (C=O) groups is 3. The number of methoxy groups -OCH3 is 3. The summed E-state index contributed by atoms with van der Waals surface area (Å²) in [6.07, 6.45) is 0. The number of hydrogen-bond donors (Lipinski definition) is 0. The second-order valence-corrected chi connectivity index (χ2v) is 4.07. The maximum Gasteiger partial charge on any atom is 0.329 e. The minimum Gasteiger partial charge on any atom is -0.497 e. The molecular weight excluding hydrogens is 278 g/mol. The van der Waals surface area contributed by atoms with Gasteiger partial charge in [-0.15, -0.1) is 0 Å². The molecule has 0 unspecified atom stereocenters. The molecule has 0 saturated heterocycles. The molecule has 0 atom stereocenters. The number of amides is 1. The normalized spacial score (nSPS) is 9.95. The highest BCUT2D eigenvalue weighted by Crippen LogP contribution is 2.20. The van der Waals surface area contributed by atoms with Crippen molar-refractivity contribution in [2.24, 2.45) is 5.92 Å². The van der Waals surface area contributed by atoms with Crippen LogP contribution in [0.1, 0.15) is 0 Å². The van der Waals surface area contributed by atoms with Crippen molar-refractivity contribution < 1.29 is 28.6 Å². The first-order valence-electron chi connectivity index (χ1n) is 6.03. The second-order valence-electron chi connectivity index (χ2n) is 4.07. The van der Waals surface area contributed by atoms with E-state index in [4.69, 9.17) is 4.74 Å². The quantitative estimate of drug-likeness (QED) is 0.585. The van der Waals surface area contributed by atoms with Crippen LogP contribution in [0.4, 0.5) is 5.69 Å². The Morgan fingerprint density at radius 1 is 0.952 bits per heavy atom. The lowest BCUT2D eigenvalue weighted by atomic mass is 10.1. The monoisotopic (exact) mass is 295 g/mol. The smallest absolute Gasteiger partial charge is 0.329 e. The first-order valence-corrected chi connectivity index (χ1v) is 6.03. The van der Waals surface area contributed by atoms with Gasteiger partial charge in [-0.1, -0.05) is 0 Å². The van der Waals surface area contributed by atoms with Crippen molar-refractivity contribution in [1.82, 2.24) is 0 Å². The second kappa shape index (κ2) is 7.28. The van der Waals surface area contributed by atoms with Crippen molar-refractivity contribution in [3.63, 3.8) is 0 Å². The number of hydrogen-bond acceptors (Lipinski definition) is 6. The molecule has 0 aliphatic carbocycles. The van der Waals surface area contributed by atoms with Gasteiger partial charge in [0.1, 0.15) is 5.75 Å². The SMILES string of the molecule is COC(=O)C(C(=O)OC)C(=O)N(C)c1ccc(OC)cc1. The van der Waals surface area contributed by atoms with Crippen LogP contribution in [-0.4, -0.2) is 46.2 Å². The zero-order chi connectivity index (χ0) is 16.0. The van der Waals surface area contributed by atoms with E-state index < -0.39 is 23.8 Å². The number of esters is 2. The molecule has 1 aromatic carbocycles. The van der Waals surface area contributed by atoms with E-state index in [1.807, 2.05) is 0 Å². The van der Waals surface area contributed by atoms with Crippen molar-refractivity contribution in [2.45, 2.75) is 0 Å². The van der Waals surface area contributed by atoms with E-state index in [2.05, 4.69) is 9.47 Å². The first kappa shape index (κ1) is 16.5. The van der Waals surface area contributed by atoms with E-state index in [1.165, 1.54) is 19.1 Å². The van der Waals surface area contributed by atoms with Crippen LogP contribution >= 0.6 is 0 Å². The number of ether oxygens (including phenoxy) is 3. The molecule has 1 rings (SSSR count). The topological polar surface area (TPSA) is 82.1 Å². The molecule has 0 spiro atoms. The number of benzene rings is 1. The lowest BCUT2D eigenvalue weighted by molar-refractivity contribution is -0.161. The average Bonchev–Trinajstić information content (AvgIpc) is 2.53. The van der Waals surface area contributed by atoms with Crippen molar-refractivity contribution >= 4 is 23.5 Å². The molecule has 0 radical (unpaired) electrons. The van der Waals surface area contributed by atoms with Crippen molar-refractivity contribution in [2.75, 3.05) is 33.3 Å². The molecule has 0 N–H and O–H groups in total. The van der Waals surface area contributed by atoms with Gasteiger partial charge >= 0.3 is 11.9 Å². The van der Waals surface area contributed by atoms with Crippen LogP contribution in [0.25, 0.3) is 0 Å². The van der Waals surface area contributed by atoms with Gasteiger partial charge in [-0.3, -0.25) is 14.4 Å². The molecule has 0 heterocycles. The molecule has 7 nitrogen and oxygen atoms in total. The van der Waals surface area contributed by atoms with Gasteiger partial charge in [0.15, 0.2) is 0 Å². The highest BCUT2D eigenvalue weighted by atomic mass is 16.5. The molecule has 0 aliphatic heterocycles. The predicted molar refractivity (Wildman–Crippen MR) is 73.9 cm³/mol. The number of carbonyl (C=O) groups excluding carboxylic acids is 3. The van der Waals surface area contributed by atoms with Gasteiger partial charge < -0.3 is 19.1 Å². The molecule has 114 valence electrons. The maximum atomic E-state index is 12.3. The van der Waals surface area contributed by atoms with E-state index in [9.17, 15) is 14.4 Å². The van der Waals surface area contributed by atoms with Gasteiger partial charge in [-0.2, -0.15) is 0 Å². The summed E-state index contributed by atoms with van der Waals surface area (Å²) in [5, 5.41) is 0. The molecule has 1 aromatic rings. The summed E-state index contributed by atoms with van der Waals surface area (Å²) in [5.41, 5.74) is 0.499. The molecular formula is C14H17NO6. The summed E-state index contributed by atoms with van der Waals surface area (Å²) in [5.74, 6) is -3.69. The van der Waals surface area contributed by atoms with E-state index >= 15 is 0 Å². The van der Waals surface area contributed by atoms with E-state index in [-0.39, 0.29) is 0 Å². The molecule has 0 aromatic heterocycles. The van der Waals surface area contributed by atoms with Gasteiger partial charge in [0.2, 0.25) is 5.92 Å². The van der Waals surface area contributed by atoms with Gasteiger partial charge in [0.25, 0.3) is 5.91 Å². The van der Waals surface area contributed by atoms with Gasteiger partial charge in [-0.25, -0.2) is 0 Å². The maximum absolute atomic E-state index is 12.3. The summed E-state index contributed by atoms with van der Waals surface area (Å²) in [4.78, 5) is 36.7. The summed E-state index contributed by atoms with van der Waals surface area (Å²) in [7, 11) is 5.16. The Balaban J connectivity index is 3.01. The predicted octanol–water partition coefficient (Wildman–Crippen LogP) is 0.620. The van der Waals surface area contributed by atoms with E-state index in [0.29, 0.717) is 11.4 Å². The summed E-state index contributed by atoms with van der Waals surface area (Å²) < 4.78 is 14.0. The minimum atomic E-state index is -1.65. The van der Waals surface area contributed by atoms with Crippen LogP contribution in [-0.2, 0) is 23.9 Å². The minimum absolute atomic E-state index is 0.499. The third kappa shape index (κ3) is 3.71. The Morgan fingerprint density at radius 2 is 1.43 bits per heavy atom. The van der Waals surface area contributed by atoms with Crippen LogP contribution in [0.5, 0.6) is 5.75 Å². The Labute approximate surface area is 122 Å². The number of rotatable bonds is 5. The molecule has 7 heteroatoms. The van der Waals surface area contributed by atoms with Crippen LogP contribution in [0.2, 0.25) is 0 Å². The molecule has 0 aliphatic rings. The van der Waals surface area contributed by atoms with Gasteiger partial charge in [0, 0.05) is 12.7 Å². The highest BCUT2D eigenvalue weighted by Gasteiger charge is 2.38.